The average molecular weight is 245 g/mol. The van der Waals surface area contributed by atoms with Gasteiger partial charge in [-0.25, -0.2) is 0 Å². The van der Waals surface area contributed by atoms with Crippen LogP contribution in [0.2, 0.25) is 0 Å². The first-order valence-corrected chi connectivity index (χ1v) is 6.67. The summed E-state index contributed by atoms with van der Waals surface area (Å²) < 4.78 is 6.13. The maximum atomic E-state index is 6.13. The van der Waals surface area contributed by atoms with Crippen molar-refractivity contribution in [1.29, 1.82) is 0 Å². The summed E-state index contributed by atoms with van der Waals surface area (Å²) in [6, 6.07) is 6.49. The molecule has 98 valence electrons. The van der Waals surface area contributed by atoms with E-state index in [1.165, 1.54) is 16.5 Å². The van der Waals surface area contributed by atoms with Gasteiger partial charge in [0.2, 0.25) is 0 Å². The van der Waals surface area contributed by atoms with Crippen molar-refractivity contribution in [3.8, 4) is 0 Å². The van der Waals surface area contributed by atoms with Crippen molar-refractivity contribution >= 4 is 11.0 Å². The fraction of sp³-hybridized carbons (Fsp3) is 0.500. The van der Waals surface area contributed by atoms with Gasteiger partial charge in [-0.3, -0.25) is 0 Å². The smallest absolute Gasteiger partial charge is 0.138 e. The first-order chi connectivity index (χ1) is 8.49. The van der Waals surface area contributed by atoms with Crippen LogP contribution in [0.3, 0.4) is 0 Å². The molecule has 0 spiro atoms. The summed E-state index contributed by atoms with van der Waals surface area (Å²) in [5.41, 5.74) is 3.80. The molecule has 0 aliphatic carbocycles. The Hall–Kier alpha value is -1.28. The van der Waals surface area contributed by atoms with E-state index in [0.717, 1.165) is 24.3 Å². The highest BCUT2D eigenvalue weighted by Crippen LogP contribution is 2.34. The van der Waals surface area contributed by atoms with Crippen LogP contribution in [0.1, 0.15) is 44.6 Å². The number of nitrogens with one attached hydrogen (secondary N) is 1. The van der Waals surface area contributed by atoms with E-state index in [1.807, 2.05) is 7.05 Å². The zero-order valence-electron chi connectivity index (χ0n) is 12.1. The van der Waals surface area contributed by atoms with Gasteiger partial charge in [-0.15, -0.1) is 0 Å². The fourth-order valence-electron chi connectivity index (χ4n) is 2.50. The van der Waals surface area contributed by atoms with Gasteiger partial charge in [0.1, 0.15) is 11.3 Å². The van der Waals surface area contributed by atoms with Gasteiger partial charge in [-0.1, -0.05) is 45.9 Å². The quantitative estimate of drug-likeness (QED) is 0.883. The van der Waals surface area contributed by atoms with E-state index in [1.54, 1.807) is 0 Å². The SMILES string of the molecule is CCc1c(CNC)oc2c(C(C)(C)C)cccc12. The fourth-order valence-corrected chi connectivity index (χ4v) is 2.50. The van der Waals surface area contributed by atoms with E-state index in [-0.39, 0.29) is 5.41 Å². The average Bonchev–Trinajstić information content (AvgIpc) is 2.65. The van der Waals surface area contributed by atoms with Gasteiger partial charge in [0.15, 0.2) is 0 Å². The molecule has 1 aromatic heterocycles. The molecule has 0 bridgehead atoms. The van der Waals surface area contributed by atoms with Gasteiger partial charge in [-0.05, 0) is 18.9 Å². The van der Waals surface area contributed by atoms with Gasteiger partial charge in [0, 0.05) is 16.5 Å². The Morgan fingerprint density at radius 2 is 1.94 bits per heavy atom. The number of rotatable bonds is 3. The largest absolute Gasteiger partial charge is 0.459 e. The molecule has 18 heavy (non-hydrogen) atoms. The molecular formula is C16H23NO. The van der Waals surface area contributed by atoms with Crippen molar-refractivity contribution in [2.45, 2.75) is 46.1 Å². The molecule has 0 aliphatic heterocycles. The van der Waals surface area contributed by atoms with Crippen molar-refractivity contribution < 1.29 is 4.42 Å². The molecular weight excluding hydrogens is 222 g/mol. The zero-order chi connectivity index (χ0) is 13.3. The van der Waals surface area contributed by atoms with Crippen molar-refractivity contribution in [2.75, 3.05) is 7.05 Å². The molecule has 2 aromatic rings. The second-order valence-electron chi connectivity index (χ2n) is 5.82. The summed E-state index contributed by atoms with van der Waals surface area (Å²) in [6.07, 6.45) is 1.01. The molecule has 0 amide bonds. The molecule has 0 saturated carbocycles. The minimum atomic E-state index is 0.110. The number of furan rings is 1. The molecule has 0 fully saturated rings. The topological polar surface area (TPSA) is 25.2 Å². The summed E-state index contributed by atoms with van der Waals surface area (Å²) in [7, 11) is 1.96. The molecule has 0 aliphatic rings. The van der Waals surface area contributed by atoms with Gasteiger partial charge in [-0.2, -0.15) is 0 Å². The Labute approximate surface area is 109 Å². The van der Waals surface area contributed by atoms with Crippen LogP contribution in [0.5, 0.6) is 0 Å². The molecule has 0 unspecified atom stereocenters. The first-order valence-electron chi connectivity index (χ1n) is 6.67. The third kappa shape index (κ3) is 2.17. The van der Waals surface area contributed by atoms with E-state index in [0.29, 0.717) is 0 Å². The van der Waals surface area contributed by atoms with Crippen LogP contribution < -0.4 is 5.32 Å². The van der Waals surface area contributed by atoms with Crippen LogP contribution in [-0.4, -0.2) is 7.05 Å². The van der Waals surface area contributed by atoms with E-state index in [9.17, 15) is 0 Å². The Bertz CT molecular complexity index is 546. The standard InChI is InChI=1S/C16H23NO/c1-6-11-12-8-7-9-13(16(2,3)4)15(12)18-14(11)10-17-5/h7-9,17H,6,10H2,1-5H3. The highest BCUT2D eigenvalue weighted by molar-refractivity contribution is 5.85. The van der Waals surface area contributed by atoms with Crippen LogP contribution in [0.15, 0.2) is 22.6 Å². The van der Waals surface area contributed by atoms with Gasteiger partial charge >= 0.3 is 0 Å². The Morgan fingerprint density at radius 3 is 2.50 bits per heavy atom. The Balaban J connectivity index is 2.71. The minimum absolute atomic E-state index is 0.110. The number of hydrogen-bond acceptors (Lipinski definition) is 2. The van der Waals surface area contributed by atoms with Crippen LogP contribution >= 0.6 is 0 Å². The summed E-state index contributed by atoms with van der Waals surface area (Å²) in [5, 5.41) is 4.46. The highest BCUT2D eigenvalue weighted by atomic mass is 16.3. The lowest BCUT2D eigenvalue weighted by Crippen LogP contribution is -2.11. The number of hydrogen-bond donors (Lipinski definition) is 1. The maximum Gasteiger partial charge on any atom is 0.138 e. The van der Waals surface area contributed by atoms with E-state index in [2.05, 4.69) is 51.2 Å². The lowest BCUT2D eigenvalue weighted by molar-refractivity contribution is 0.508. The minimum Gasteiger partial charge on any atom is -0.459 e. The van der Waals surface area contributed by atoms with Gasteiger partial charge in [0.25, 0.3) is 0 Å². The second kappa shape index (κ2) is 4.77. The van der Waals surface area contributed by atoms with Crippen LogP contribution in [0.25, 0.3) is 11.0 Å². The third-order valence-corrected chi connectivity index (χ3v) is 3.40. The van der Waals surface area contributed by atoms with Crippen molar-refractivity contribution in [2.24, 2.45) is 0 Å². The lowest BCUT2D eigenvalue weighted by atomic mass is 9.86. The molecule has 2 heteroatoms. The maximum absolute atomic E-state index is 6.13. The van der Waals surface area contributed by atoms with E-state index < -0.39 is 0 Å². The molecule has 1 N–H and O–H groups in total. The zero-order valence-corrected chi connectivity index (χ0v) is 12.1. The molecule has 0 atom stereocenters. The number of para-hydroxylation sites is 1. The molecule has 2 nitrogen and oxygen atoms in total. The normalized spacial score (nSPS) is 12.3. The summed E-state index contributed by atoms with van der Waals surface area (Å²) >= 11 is 0. The summed E-state index contributed by atoms with van der Waals surface area (Å²) in [6.45, 7) is 9.67. The number of benzene rings is 1. The first kappa shape index (κ1) is 13.2. The summed E-state index contributed by atoms with van der Waals surface area (Å²) in [5.74, 6) is 1.08. The molecule has 0 radical (unpaired) electrons. The Kier molecular flexibility index (Phi) is 3.49. The molecule has 2 rings (SSSR count). The molecule has 1 aromatic carbocycles. The number of aryl methyl sites for hydroxylation is 1. The Morgan fingerprint density at radius 1 is 1.22 bits per heavy atom. The molecule has 1 heterocycles. The van der Waals surface area contributed by atoms with Crippen molar-refractivity contribution in [1.82, 2.24) is 5.32 Å². The second-order valence-corrected chi connectivity index (χ2v) is 5.82. The predicted molar refractivity (Wildman–Crippen MR) is 77.1 cm³/mol. The van der Waals surface area contributed by atoms with Crippen LogP contribution in [0, 0.1) is 0 Å². The van der Waals surface area contributed by atoms with Crippen LogP contribution in [-0.2, 0) is 18.4 Å². The predicted octanol–water partition coefficient (Wildman–Crippen LogP) is 4.01. The lowest BCUT2D eigenvalue weighted by Gasteiger charge is -2.18. The van der Waals surface area contributed by atoms with Crippen molar-refractivity contribution in [3.63, 3.8) is 0 Å². The highest BCUT2D eigenvalue weighted by Gasteiger charge is 2.21. The van der Waals surface area contributed by atoms with E-state index in [4.69, 9.17) is 4.42 Å². The van der Waals surface area contributed by atoms with Gasteiger partial charge in [0.05, 0.1) is 6.54 Å². The van der Waals surface area contributed by atoms with Gasteiger partial charge < -0.3 is 9.73 Å². The van der Waals surface area contributed by atoms with Crippen molar-refractivity contribution in [3.05, 3.63) is 35.1 Å². The monoisotopic (exact) mass is 245 g/mol. The molecule has 0 saturated heterocycles. The van der Waals surface area contributed by atoms with Crippen LogP contribution in [0.4, 0.5) is 0 Å². The van der Waals surface area contributed by atoms with E-state index >= 15 is 0 Å². The third-order valence-electron chi connectivity index (χ3n) is 3.40. The number of fused-ring (bicyclic) bond motifs is 1. The summed E-state index contributed by atoms with van der Waals surface area (Å²) in [4.78, 5) is 0.